The number of nitro groups is 1. The van der Waals surface area contributed by atoms with Gasteiger partial charge in [0, 0.05) is 18.7 Å². The molecule has 0 aliphatic carbocycles. The Kier molecular flexibility index (Phi) is 5.40. The number of hydrogen-bond acceptors (Lipinski definition) is 5. The number of sulfonamides is 1. The third-order valence-corrected chi connectivity index (χ3v) is 5.28. The number of nitrogens with zero attached hydrogens (tertiary/aromatic N) is 2. The van der Waals surface area contributed by atoms with Crippen molar-refractivity contribution in [2.45, 2.75) is 18.7 Å². The lowest BCUT2D eigenvalue weighted by molar-refractivity contribution is -0.387. The summed E-state index contributed by atoms with van der Waals surface area (Å²) in [6.45, 7) is 4.07. The third kappa shape index (κ3) is 3.48. The maximum absolute atomic E-state index is 12.9. The molecule has 0 aliphatic heterocycles. The topological polar surface area (TPSA) is 89.8 Å². The summed E-state index contributed by atoms with van der Waals surface area (Å²) in [4.78, 5) is 10.1. The molecular weight excluding hydrogens is 332 g/mol. The van der Waals surface area contributed by atoms with Crippen molar-refractivity contribution in [3.63, 3.8) is 0 Å². The molecule has 0 radical (unpaired) electrons. The summed E-state index contributed by atoms with van der Waals surface area (Å²) < 4.78 is 32.4. The van der Waals surface area contributed by atoms with Gasteiger partial charge < -0.3 is 4.74 Å². The lowest BCUT2D eigenvalue weighted by Crippen LogP contribution is -2.31. The standard InChI is InChI=1S/C16H18N2O5S/c1-3-17(13-8-7-9-14(12-13)23-4-2)24(21,22)16-11-6-5-10-15(16)18(19)20/h5-12H,3-4H2,1-2H3. The van der Waals surface area contributed by atoms with Crippen molar-refractivity contribution in [3.8, 4) is 5.75 Å². The Morgan fingerprint density at radius 1 is 1.12 bits per heavy atom. The minimum atomic E-state index is -4.08. The molecule has 0 N–H and O–H groups in total. The van der Waals surface area contributed by atoms with Crippen molar-refractivity contribution in [2.24, 2.45) is 0 Å². The van der Waals surface area contributed by atoms with Crippen LogP contribution in [0.15, 0.2) is 53.4 Å². The molecule has 0 bridgehead atoms. The molecule has 24 heavy (non-hydrogen) atoms. The number of para-hydroxylation sites is 1. The van der Waals surface area contributed by atoms with Crippen molar-refractivity contribution in [1.82, 2.24) is 0 Å². The Bertz CT molecular complexity index is 836. The van der Waals surface area contributed by atoms with Gasteiger partial charge in [-0.05, 0) is 32.0 Å². The predicted octanol–water partition coefficient (Wildman–Crippen LogP) is 3.21. The Labute approximate surface area is 140 Å². The summed E-state index contributed by atoms with van der Waals surface area (Å²) in [5, 5.41) is 11.2. The second-order valence-electron chi connectivity index (χ2n) is 4.82. The quantitative estimate of drug-likeness (QED) is 0.565. The average molecular weight is 350 g/mol. The summed E-state index contributed by atoms with van der Waals surface area (Å²) in [6, 6.07) is 11.9. The summed E-state index contributed by atoms with van der Waals surface area (Å²) in [5.74, 6) is 0.534. The van der Waals surface area contributed by atoms with E-state index < -0.39 is 20.6 Å². The normalized spacial score (nSPS) is 11.1. The van der Waals surface area contributed by atoms with E-state index in [-0.39, 0.29) is 11.4 Å². The van der Waals surface area contributed by atoms with Crippen LogP contribution in [0.3, 0.4) is 0 Å². The molecule has 128 valence electrons. The van der Waals surface area contributed by atoms with Gasteiger partial charge in [0.05, 0.1) is 17.2 Å². The fraction of sp³-hybridized carbons (Fsp3) is 0.250. The fourth-order valence-electron chi connectivity index (χ4n) is 2.33. The number of ether oxygens (including phenoxy) is 1. The van der Waals surface area contributed by atoms with Gasteiger partial charge in [0.25, 0.3) is 15.7 Å². The minimum Gasteiger partial charge on any atom is -0.494 e. The van der Waals surface area contributed by atoms with Crippen LogP contribution in [-0.2, 0) is 10.0 Å². The highest BCUT2D eigenvalue weighted by molar-refractivity contribution is 7.93. The first-order valence-corrected chi connectivity index (χ1v) is 8.84. The maximum atomic E-state index is 12.9. The van der Waals surface area contributed by atoms with Gasteiger partial charge in [0.2, 0.25) is 0 Å². The first kappa shape index (κ1) is 17.7. The molecule has 0 amide bonds. The van der Waals surface area contributed by atoms with Crippen LogP contribution in [-0.4, -0.2) is 26.5 Å². The Morgan fingerprint density at radius 3 is 2.46 bits per heavy atom. The molecule has 2 aromatic carbocycles. The van der Waals surface area contributed by atoms with Crippen molar-refractivity contribution in [1.29, 1.82) is 0 Å². The summed E-state index contributed by atoms with van der Waals surface area (Å²) in [7, 11) is -4.08. The second kappa shape index (κ2) is 7.31. The monoisotopic (exact) mass is 350 g/mol. The fourth-order valence-corrected chi connectivity index (χ4v) is 3.96. The smallest absolute Gasteiger partial charge is 0.289 e. The summed E-state index contributed by atoms with van der Waals surface area (Å²) in [5.41, 5.74) is -0.0569. The van der Waals surface area contributed by atoms with Crippen molar-refractivity contribution in [3.05, 3.63) is 58.6 Å². The zero-order chi connectivity index (χ0) is 17.7. The third-order valence-electron chi connectivity index (χ3n) is 3.33. The zero-order valence-corrected chi connectivity index (χ0v) is 14.2. The molecule has 8 heteroatoms. The van der Waals surface area contributed by atoms with Crippen LogP contribution in [0.4, 0.5) is 11.4 Å². The lowest BCUT2D eigenvalue weighted by Gasteiger charge is -2.23. The van der Waals surface area contributed by atoms with E-state index in [0.717, 1.165) is 4.31 Å². The SMILES string of the molecule is CCOc1cccc(N(CC)S(=O)(=O)c2ccccc2[N+](=O)[O-])c1. The van der Waals surface area contributed by atoms with Gasteiger partial charge in [-0.15, -0.1) is 0 Å². The first-order chi connectivity index (χ1) is 11.4. The molecule has 2 rings (SSSR count). The first-order valence-electron chi connectivity index (χ1n) is 7.40. The summed E-state index contributed by atoms with van der Waals surface area (Å²) in [6.07, 6.45) is 0. The molecule has 0 aromatic heterocycles. The molecule has 7 nitrogen and oxygen atoms in total. The molecule has 0 saturated heterocycles. The van der Waals surface area contributed by atoms with E-state index in [4.69, 9.17) is 4.74 Å². The average Bonchev–Trinajstić information content (AvgIpc) is 2.56. The van der Waals surface area contributed by atoms with Crippen LogP contribution in [0.5, 0.6) is 5.75 Å². The van der Waals surface area contributed by atoms with Crippen molar-refractivity contribution >= 4 is 21.4 Å². The molecule has 0 unspecified atom stereocenters. The predicted molar refractivity (Wildman–Crippen MR) is 90.9 cm³/mol. The highest BCUT2D eigenvalue weighted by Crippen LogP contribution is 2.31. The van der Waals surface area contributed by atoms with Crippen LogP contribution in [0.1, 0.15) is 13.8 Å². The highest BCUT2D eigenvalue weighted by atomic mass is 32.2. The second-order valence-corrected chi connectivity index (χ2v) is 6.66. The molecule has 0 saturated carbocycles. The largest absolute Gasteiger partial charge is 0.494 e. The summed E-state index contributed by atoms with van der Waals surface area (Å²) >= 11 is 0. The van der Waals surface area contributed by atoms with Crippen LogP contribution in [0, 0.1) is 10.1 Å². The maximum Gasteiger partial charge on any atom is 0.289 e. The van der Waals surface area contributed by atoms with Gasteiger partial charge in [0.1, 0.15) is 5.75 Å². The highest BCUT2D eigenvalue weighted by Gasteiger charge is 2.30. The Morgan fingerprint density at radius 2 is 1.83 bits per heavy atom. The van der Waals surface area contributed by atoms with E-state index >= 15 is 0 Å². The van der Waals surface area contributed by atoms with E-state index in [0.29, 0.717) is 18.0 Å². The molecule has 0 fully saturated rings. The van der Waals surface area contributed by atoms with E-state index in [1.165, 1.54) is 24.3 Å². The molecular formula is C16H18N2O5S. The van der Waals surface area contributed by atoms with Crippen molar-refractivity contribution in [2.75, 3.05) is 17.5 Å². The van der Waals surface area contributed by atoms with Gasteiger partial charge in [-0.25, -0.2) is 8.42 Å². The van der Waals surface area contributed by atoms with Crippen LogP contribution in [0.25, 0.3) is 0 Å². The Hall–Kier alpha value is -2.61. The van der Waals surface area contributed by atoms with Crippen molar-refractivity contribution < 1.29 is 18.1 Å². The van der Waals surface area contributed by atoms with Gasteiger partial charge in [-0.1, -0.05) is 18.2 Å². The molecule has 0 aliphatic rings. The van der Waals surface area contributed by atoms with Crippen LogP contribution < -0.4 is 9.04 Å². The van der Waals surface area contributed by atoms with E-state index in [1.54, 1.807) is 31.2 Å². The van der Waals surface area contributed by atoms with E-state index in [1.807, 2.05) is 6.92 Å². The Balaban J connectivity index is 2.54. The molecule has 0 atom stereocenters. The molecule has 0 spiro atoms. The van der Waals surface area contributed by atoms with Gasteiger partial charge in [-0.3, -0.25) is 14.4 Å². The van der Waals surface area contributed by atoms with Gasteiger partial charge in [0.15, 0.2) is 4.90 Å². The van der Waals surface area contributed by atoms with Gasteiger partial charge >= 0.3 is 0 Å². The number of anilines is 1. The number of hydrogen-bond donors (Lipinski definition) is 0. The van der Waals surface area contributed by atoms with E-state index in [9.17, 15) is 18.5 Å². The molecule has 0 heterocycles. The number of rotatable bonds is 7. The van der Waals surface area contributed by atoms with E-state index in [2.05, 4.69) is 0 Å². The molecule has 2 aromatic rings. The number of nitro benzene ring substituents is 1. The minimum absolute atomic E-state index is 0.129. The zero-order valence-electron chi connectivity index (χ0n) is 13.4. The lowest BCUT2D eigenvalue weighted by atomic mass is 10.3. The van der Waals surface area contributed by atoms with Gasteiger partial charge in [-0.2, -0.15) is 0 Å². The van der Waals surface area contributed by atoms with Crippen LogP contribution in [0.2, 0.25) is 0 Å². The van der Waals surface area contributed by atoms with Crippen LogP contribution >= 0.6 is 0 Å². The number of benzene rings is 2.